The summed E-state index contributed by atoms with van der Waals surface area (Å²) < 4.78 is 1.03. The molecule has 3 rings (SSSR count). The highest BCUT2D eigenvalue weighted by Gasteiger charge is 2.08. The molecule has 8 heteroatoms. The van der Waals surface area contributed by atoms with E-state index in [1.165, 1.54) is 11.3 Å². The predicted octanol–water partition coefficient (Wildman–Crippen LogP) is 3.00. The van der Waals surface area contributed by atoms with Gasteiger partial charge < -0.3 is 11.5 Å². The van der Waals surface area contributed by atoms with Gasteiger partial charge in [-0.15, -0.1) is 0 Å². The number of pyridine rings is 1. The Morgan fingerprint density at radius 1 is 1.26 bits per heavy atom. The normalized spacial score (nSPS) is 12.8. The molecule has 0 amide bonds. The van der Waals surface area contributed by atoms with Gasteiger partial charge in [0, 0.05) is 6.20 Å². The van der Waals surface area contributed by atoms with Crippen molar-refractivity contribution in [2.24, 2.45) is 21.5 Å². The first kappa shape index (κ1) is 15.4. The van der Waals surface area contributed by atoms with Gasteiger partial charge in [-0.05, 0) is 30.7 Å². The number of halogens is 1. The quantitative estimate of drug-likeness (QED) is 0.551. The van der Waals surface area contributed by atoms with E-state index in [4.69, 9.17) is 23.1 Å². The highest BCUT2D eigenvalue weighted by atomic mass is 35.5. The second-order valence-corrected chi connectivity index (χ2v) is 6.19. The van der Waals surface area contributed by atoms with Crippen LogP contribution < -0.4 is 11.5 Å². The molecular formula is C15H13ClN6S. The summed E-state index contributed by atoms with van der Waals surface area (Å²) in [6.07, 6.45) is 1.66. The molecule has 2 aromatic heterocycles. The van der Waals surface area contributed by atoms with Gasteiger partial charge in [0.1, 0.15) is 5.69 Å². The van der Waals surface area contributed by atoms with Crippen molar-refractivity contribution in [1.29, 1.82) is 0 Å². The number of aryl methyl sites for hydroxylation is 1. The van der Waals surface area contributed by atoms with E-state index < -0.39 is 0 Å². The molecule has 0 atom stereocenters. The summed E-state index contributed by atoms with van der Waals surface area (Å²) in [5, 5.41) is 0.933. The van der Waals surface area contributed by atoms with Crippen LogP contribution in [0.5, 0.6) is 0 Å². The summed E-state index contributed by atoms with van der Waals surface area (Å²) in [5.41, 5.74) is 13.9. The zero-order valence-corrected chi connectivity index (χ0v) is 13.8. The molecule has 0 aliphatic heterocycles. The Labute approximate surface area is 141 Å². The highest BCUT2D eigenvalue weighted by molar-refractivity contribution is 7.22. The standard InChI is InChI=1S/C15H13ClN6S/c1-8-6-9(16)12(19-7-8)13(17)21-14(18)22-15-20-10-4-2-3-5-11(10)23-15/h2-7H,1H3,(H4,17,18,20,21,22). The zero-order valence-electron chi connectivity index (χ0n) is 12.2. The minimum Gasteiger partial charge on any atom is -0.382 e. The topological polar surface area (TPSA) is 103 Å². The molecule has 23 heavy (non-hydrogen) atoms. The first-order chi connectivity index (χ1) is 11.0. The van der Waals surface area contributed by atoms with E-state index in [0.29, 0.717) is 15.8 Å². The van der Waals surface area contributed by atoms with Gasteiger partial charge in [0.05, 0.1) is 15.2 Å². The molecule has 0 aliphatic carbocycles. The molecule has 0 fully saturated rings. The lowest BCUT2D eigenvalue weighted by Crippen LogP contribution is -2.21. The molecule has 3 aromatic rings. The van der Waals surface area contributed by atoms with Crippen LogP contribution in [0.25, 0.3) is 10.2 Å². The van der Waals surface area contributed by atoms with Gasteiger partial charge in [0.2, 0.25) is 11.1 Å². The van der Waals surface area contributed by atoms with E-state index >= 15 is 0 Å². The SMILES string of the molecule is Cc1cnc(C(N)=NC(N)=Nc2nc3ccccc3s2)c(Cl)c1. The van der Waals surface area contributed by atoms with Gasteiger partial charge >= 0.3 is 0 Å². The van der Waals surface area contributed by atoms with Crippen molar-refractivity contribution in [2.75, 3.05) is 0 Å². The molecular weight excluding hydrogens is 332 g/mol. The van der Waals surface area contributed by atoms with E-state index in [9.17, 15) is 0 Å². The van der Waals surface area contributed by atoms with Gasteiger partial charge in [0.25, 0.3) is 0 Å². The number of amidine groups is 1. The van der Waals surface area contributed by atoms with Crippen LogP contribution in [0, 0.1) is 6.92 Å². The highest BCUT2D eigenvalue weighted by Crippen LogP contribution is 2.27. The van der Waals surface area contributed by atoms with Crippen LogP contribution in [0.15, 0.2) is 46.5 Å². The fourth-order valence-corrected chi connectivity index (χ4v) is 3.09. The molecule has 6 nitrogen and oxygen atoms in total. The second kappa shape index (κ2) is 6.31. The van der Waals surface area contributed by atoms with Gasteiger partial charge in [-0.25, -0.2) is 4.98 Å². The number of aliphatic imine (C=N–C) groups is 2. The average Bonchev–Trinajstić information content (AvgIpc) is 2.88. The van der Waals surface area contributed by atoms with Crippen LogP contribution in [-0.2, 0) is 0 Å². The summed E-state index contributed by atoms with van der Waals surface area (Å²) in [7, 11) is 0. The summed E-state index contributed by atoms with van der Waals surface area (Å²) in [6, 6.07) is 9.50. The van der Waals surface area contributed by atoms with Crippen molar-refractivity contribution in [1.82, 2.24) is 9.97 Å². The van der Waals surface area contributed by atoms with E-state index in [-0.39, 0.29) is 11.8 Å². The largest absolute Gasteiger partial charge is 0.382 e. The van der Waals surface area contributed by atoms with Crippen LogP contribution in [0.3, 0.4) is 0 Å². The second-order valence-electron chi connectivity index (χ2n) is 4.77. The maximum Gasteiger partial charge on any atom is 0.224 e. The number of fused-ring (bicyclic) bond motifs is 1. The zero-order chi connectivity index (χ0) is 16.4. The molecule has 0 saturated heterocycles. The Bertz CT molecular complexity index is 898. The lowest BCUT2D eigenvalue weighted by molar-refractivity contribution is 1.23. The first-order valence-corrected chi connectivity index (χ1v) is 7.89. The van der Waals surface area contributed by atoms with Crippen molar-refractivity contribution in [3.05, 3.63) is 52.8 Å². The third-order valence-electron chi connectivity index (χ3n) is 2.95. The maximum absolute atomic E-state index is 6.11. The number of benzene rings is 1. The number of guanidine groups is 1. The maximum atomic E-state index is 6.11. The molecule has 0 bridgehead atoms. The number of nitrogens with zero attached hydrogens (tertiary/aromatic N) is 4. The van der Waals surface area contributed by atoms with E-state index in [2.05, 4.69) is 20.0 Å². The molecule has 0 radical (unpaired) electrons. The lowest BCUT2D eigenvalue weighted by atomic mass is 10.2. The van der Waals surface area contributed by atoms with Crippen molar-refractivity contribution >= 4 is 50.1 Å². The number of rotatable bonds is 2. The van der Waals surface area contributed by atoms with Gasteiger partial charge in [0.15, 0.2) is 5.84 Å². The number of aromatic nitrogens is 2. The monoisotopic (exact) mass is 344 g/mol. The fraction of sp³-hybridized carbons (Fsp3) is 0.0667. The van der Waals surface area contributed by atoms with Gasteiger partial charge in [-0.2, -0.15) is 9.98 Å². The minimum atomic E-state index is -0.00000205. The van der Waals surface area contributed by atoms with Crippen molar-refractivity contribution < 1.29 is 0 Å². The molecule has 0 saturated carbocycles. The third-order valence-corrected chi connectivity index (χ3v) is 4.17. The van der Waals surface area contributed by atoms with Crippen molar-refractivity contribution in [3.63, 3.8) is 0 Å². The van der Waals surface area contributed by atoms with Crippen LogP contribution in [0.4, 0.5) is 5.13 Å². The third kappa shape index (κ3) is 3.46. The molecule has 0 spiro atoms. The van der Waals surface area contributed by atoms with Crippen LogP contribution >= 0.6 is 22.9 Å². The molecule has 4 N–H and O–H groups in total. The predicted molar refractivity (Wildman–Crippen MR) is 95.6 cm³/mol. The van der Waals surface area contributed by atoms with Gasteiger partial charge in [-0.1, -0.05) is 35.1 Å². The molecule has 2 heterocycles. The van der Waals surface area contributed by atoms with E-state index in [0.717, 1.165) is 15.8 Å². The van der Waals surface area contributed by atoms with E-state index in [1.807, 2.05) is 31.2 Å². The summed E-state index contributed by atoms with van der Waals surface area (Å²) in [6.45, 7) is 1.89. The average molecular weight is 345 g/mol. The Kier molecular flexibility index (Phi) is 4.22. The van der Waals surface area contributed by atoms with Crippen LogP contribution in [0.2, 0.25) is 5.02 Å². The molecule has 1 aromatic carbocycles. The fourth-order valence-electron chi connectivity index (χ4n) is 1.93. The van der Waals surface area contributed by atoms with Crippen LogP contribution in [0.1, 0.15) is 11.3 Å². The Balaban J connectivity index is 1.90. The molecule has 0 aliphatic rings. The molecule has 0 unspecified atom stereocenters. The first-order valence-electron chi connectivity index (χ1n) is 6.69. The summed E-state index contributed by atoms with van der Waals surface area (Å²) in [5.74, 6) is 0.109. The summed E-state index contributed by atoms with van der Waals surface area (Å²) >= 11 is 7.53. The number of hydrogen-bond acceptors (Lipinski definition) is 4. The number of hydrogen-bond donors (Lipinski definition) is 2. The Morgan fingerprint density at radius 3 is 2.78 bits per heavy atom. The molecule has 116 valence electrons. The Morgan fingerprint density at radius 2 is 2.04 bits per heavy atom. The van der Waals surface area contributed by atoms with Gasteiger partial charge in [-0.3, -0.25) is 4.98 Å². The minimum absolute atomic E-state index is 0.00000205. The van der Waals surface area contributed by atoms with E-state index in [1.54, 1.807) is 12.3 Å². The number of para-hydroxylation sites is 1. The lowest BCUT2D eigenvalue weighted by Gasteiger charge is -2.03. The van der Waals surface area contributed by atoms with Crippen molar-refractivity contribution in [2.45, 2.75) is 6.92 Å². The number of thiazole rings is 1. The van der Waals surface area contributed by atoms with Crippen LogP contribution in [-0.4, -0.2) is 21.8 Å². The van der Waals surface area contributed by atoms with Crippen molar-refractivity contribution in [3.8, 4) is 0 Å². The number of nitrogens with two attached hydrogens (primary N) is 2. The Hall–Kier alpha value is -2.51. The summed E-state index contributed by atoms with van der Waals surface area (Å²) in [4.78, 5) is 16.7. The smallest absolute Gasteiger partial charge is 0.224 e.